The van der Waals surface area contributed by atoms with E-state index in [1.165, 1.54) is 17.3 Å². The van der Waals surface area contributed by atoms with Gasteiger partial charge in [-0.1, -0.05) is 30.3 Å². The fourth-order valence-corrected chi connectivity index (χ4v) is 5.30. The Morgan fingerprint density at radius 2 is 1.69 bits per heavy atom. The number of nitrogens with zero attached hydrogens (tertiary/aromatic N) is 5. The normalized spacial score (nSPS) is 17.4. The van der Waals surface area contributed by atoms with Crippen molar-refractivity contribution in [1.82, 2.24) is 25.3 Å². The van der Waals surface area contributed by atoms with Gasteiger partial charge in [-0.05, 0) is 48.5 Å². The van der Waals surface area contributed by atoms with Crippen molar-refractivity contribution >= 4 is 40.9 Å². The van der Waals surface area contributed by atoms with Gasteiger partial charge in [-0.15, -0.1) is 0 Å². The van der Waals surface area contributed by atoms with Gasteiger partial charge in [-0.25, -0.2) is 15.0 Å². The third kappa shape index (κ3) is 6.28. The summed E-state index contributed by atoms with van der Waals surface area (Å²) in [7, 11) is 0. The minimum atomic E-state index is -0.0343. The van der Waals surface area contributed by atoms with Gasteiger partial charge in [0.1, 0.15) is 10.8 Å². The first-order valence-corrected chi connectivity index (χ1v) is 13.3. The molecule has 188 valence electrons. The van der Waals surface area contributed by atoms with E-state index in [2.05, 4.69) is 54.8 Å². The maximum Gasteiger partial charge on any atom is 0.232 e. The van der Waals surface area contributed by atoms with E-state index in [0.29, 0.717) is 36.0 Å². The van der Waals surface area contributed by atoms with Gasteiger partial charge < -0.3 is 25.0 Å². The predicted molar refractivity (Wildman–Crippen MR) is 144 cm³/mol. The van der Waals surface area contributed by atoms with Crippen LogP contribution in [0.15, 0.2) is 65.0 Å². The minimum absolute atomic E-state index is 0.0343. The molecule has 1 aromatic carbocycles. The molecular formula is C25H29N7O2S2. The van der Waals surface area contributed by atoms with Crippen LogP contribution >= 0.6 is 24.0 Å². The number of morpholine rings is 1. The number of hydrogen-bond donors (Lipinski definition) is 2. The lowest BCUT2D eigenvalue weighted by Gasteiger charge is -2.38. The number of thiocarbonyl (C=S) groups is 1. The predicted octanol–water partition coefficient (Wildman–Crippen LogP) is 3.29. The molecule has 36 heavy (non-hydrogen) atoms. The van der Waals surface area contributed by atoms with Gasteiger partial charge in [0, 0.05) is 56.7 Å². The fourth-order valence-electron chi connectivity index (χ4n) is 4.42. The molecule has 9 nitrogen and oxygen atoms in total. The Morgan fingerprint density at radius 3 is 2.44 bits per heavy atom. The molecule has 0 saturated carbocycles. The number of benzene rings is 1. The van der Waals surface area contributed by atoms with Crippen molar-refractivity contribution in [3.63, 3.8) is 0 Å². The van der Waals surface area contributed by atoms with Gasteiger partial charge in [0.15, 0.2) is 10.3 Å². The van der Waals surface area contributed by atoms with E-state index in [-0.39, 0.29) is 5.41 Å². The number of nitrogens with one attached hydrogen (secondary N) is 2. The highest BCUT2D eigenvalue weighted by Gasteiger charge is 2.34. The number of rotatable bonds is 7. The Balaban J connectivity index is 1.32. The molecule has 0 unspecified atom stereocenters. The quantitative estimate of drug-likeness (QED) is 0.271. The first-order chi connectivity index (χ1) is 17.7. The Morgan fingerprint density at radius 1 is 0.972 bits per heavy atom. The molecule has 4 heterocycles. The summed E-state index contributed by atoms with van der Waals surface area (Å²) in [6.07, 6.45) is 5.31. The van der Waals surface area contributed by atoms with Crippen LogP contribution in [0.4, 0.5) is 11.8 Å². The Kier molecular flexibility index (Phi) is 8.22. The highest BCUT2D eigenvalue weighted by molar-refractivity contribution is 7.99. The Hall–Kier alpha value is -2.86. The molecule has 0 spiro atoms. The zero-order valence-corrected chi connectivity index (χ0v) is 21.6. The van der Waals surface area contributed by atoms with Crippen molar-refractivity contribution in [3.8, 4) is 0 Å². The van der Waals surface area contributed by atoms with Crippen molar-refractivity contribution in [2.45, 2.75) is 28.4 Å². The van der Waals surface area contributed by atoms with Crippen LogP contribution in [0.5, 0.6) is 0 Å². The Bertz CT molecular complexity index is 1140. The lowest BCUT2D eigenvalue weighted by molar-refractivity contribution is 0.0515. The Labute approximate surface area is 220 Å². The minimum Gasteiger partial charge on any atom is -0.381 e. The van der Waals surface area contributed by atoms with Gasteiger partial charge in [0.25, 0.3) is 0 Å². The smallest absolute Gasteiger partial charge is 0.232 e. The highest BCUT2D eigenvalue weighted by Crippen LogP contribution is 2.34. The van der Waals surface area contributed by atoms with Gasteiger partial charge in [0.05, 0.1) is 13.2 Å². The summed E-state index contributed by atoms with van der Waals surface area (Å²) >= 11 is 7.07. The van der Waals surface area contributed by atoms with Crippen LogP contribution in [0.1, 0.15) is 18.4 Å². The van der Waals surface area contributed by atoms with E-state index in [4.69, 9.17) is 26.7 Å². The maximum atomic E-state index is 5.68. The lowest BCUT2D eigenvalue weighted by Crippen LogP contribution is -2.45. The van der Waals surface area contributed by atoms with E-state index >= 15 is 0 Å². The first kappa shape index (κ1) is 24.8. The topological polar surface area (TPSA) is 97.3 Å². The molecule has 3 aromatic rings. The molecule has 0 radical (unpaired) electrons. The zero-order chi connectivity index (χ0) is 24.6. The maximum absolute atomic E-state index is 5.68. The summed E-state index contributed by atoms with van der Waals surface area (Å²) in [6, 6.07) is 14.3. The summed E-state index contributed by atoms with van der Waals surface area (Å²) in [6.45, 7) is 5.06. The molecule has 2 aliphatic rings. The first-order valence-electron chi connectivity index (χ1n) is 12.1. The molecule has 5 rings (SSSR count). The zero-order valence-electron chi connectivity index (χ0n) is 19.9. The van der Waals surface area contributed by atoms with Gasteiger partial charge >= 0.3 is 0 Å². The second kappa shape index (κ2) is 11.9. The number of ether oxygens (including phenoxy) is 2. The molecular weight excluding hydrogens is 494 g/mol. The molecule has 2 N–H and O–H groups in total. The number of hydrogen-bond acceptors (Lipinski definition) is 9. The molecule has 2 fully saturated rings. The summed E-state index contributed by atoms with van der Waals surface area (Å²) in [4.78, 5) is 20.3. The van der Waals surface area contributed by atoms with Gasteiger partial charge in [-0.2, -0.15) is 4.98 Å². The average molecular weight is 524 g/mol. The summed E-state index contributed by atoms with van der Waals surface area (Å²) in [5.41, 5.74) is 1.27. The SMILES string of the molecule is S=C(NCC1(c2ccccc2)CCOCC1)Nc1nc(Sc2ncccn2)cc(N2CCOCC2)n1. The second-order valence-corrected chi connectivity index (χ2v) is 10.1. The molecule has 0 aliphatic carbocycles. The molecule has 2 aliphatic heterocycles. The third-order valence-corrected chi connectivity index (χ3v) is 7.47. The van der Waals surface area contributed by atoms with E-state index < -0.39 is 0 Å². The fraction of sp³-hybridized carbons (Fsp3) is 0.400. The molecule has 11 heteroatoms. The lowest BCUT2D eigenvalue weighted by atomic mass is 9.74. The monoisotopic (exact) mass is 523 g/mol. The van der Waals surface area contributed by atoms with Crippen LogP contribution in [-0.4, -0.2) is 71.1 Å². The molecule has 0 amide bonds. The van der Waals surface area contributed by atoms with E-state index in [1.807, 2.05) is 12.1 Å². The number of anilines is 2. The van der Waals surface area contributed by atoms with Crippen molar-refractivity contribution in [1.29, 1.82) is 0 Å². The van der Waals surface area contributed by atoms with Gasteiger partial charge in [0.2, 0.25) is 5.95 Å². The summed E-state index contributed by atoms with van der Waals surface area (Å²) in [5.74, 6) is 1.26. The van der Waals surface area contributed by atoms with Crippen LogP contribution in [0.25, 0.3) is 0 Å². The largest absolute Gasteiger partial charge is 0.381 e. The number of aromatic nitrogens is 4. The van der Waals surface area contributed by atoms with E-state index in [0.717, 1.165) is 50.0 Å². The second-order valence-electron chi connectivity index (χ2n) is 8.69. The molecule has 2 saturated heterocycles. The average Bonchev–Trinajstić information content (AvgIpc) is 2.94. The molecule has 2 aromatic heterocycles. The highest BCUT2D eigenvalue weighted by atomic mass is 32.2. The van der Waals surface area contributed by atoms with Crippen molar-refractivity contribution in [2.75, 3.05) is 56.3 Å². The van der Waals surface area contributed by atoms with Crippen LogP contribution in [0, 0.1) is 0 Å². The van der Waals surface area contributed by atoms with Gasteiger partial charge in [-0.3, -0.25) is 0 Å². The van der Waals surface area contributed by atoms with Crippen LogP contribution in [-0.2, 0) is 14.9 Å². The van der Waals surface area contributed by atoms with E-state index in [9.17, 15) is 0 Å². The molecule has 0 atom stereocenters. The van der Waals surface area contributed by atoms with E-state index in [1.54, 1.807) is 18.5 Å². The van der Waals surface area contributed by atoms with Crippen molar-refractivity contribution in [3.05, 3.63) is 60.4 Å². The summed E-state index contributed by atoms with van der Waals surface area (Å²) < 4.78 is 11.2. The third-order valence-electron chi connectivity index (χ3n) is 6.41. The summed E-state index contributed by atoms with van der Waals surface area (Å²) in [5, 5.41) is 8.50. The molecule has 0 bridgehead atoms. The van der Waals surface area contributed by atoms with Crippen molar-refractivity contribution in [2.24, 2.45) is 0 Å². The van der Waals surface area contributed by atoms with Crippen LogP contribution < -0.4 is 15.5 Å². The standard InChI is InChI=1S/C25H29N7O2S2/c35-23(28-18-25(7-13-33-14-8-25)19-5-2-1-3-6-19)31-22-29-20(32-11-15-34-16-12-32)17-21(30-22)36-24-26-9-4-10-27-24/h1-6,9-10,17H,7-8,11-16,18H2,(H2,28,29,30,31,35). The van der Waals surface area contributed by atoms with Crippen LogP contribution in [0.3, 0.4) is 0 Å². The van der Waals surface area contributed by atoms with Crippen LogP contribution in [0.2, 0.25) is 0 Å². The van der Waals surface area contributed by atoms with Crippen molar-refractivity contribution < 1.29 is 9.47 Å².